The Balaban J connectivity index is 1.88. The molecule has 0 amide bonds. The number of rotatable bonds is 4. The van der Waals surface area contributed by atoms with Gasteiger partial charge in [0.25, 0.3) is 0 Å². The number of hydrogen-bond acceptors (Lipinski definition) is 4. The minimum Gasteiger partial charge on any atom is -0.490 e. The molecule has 0 unspecified atom stereocenters. The van der Waals surface area contributed by atoms with Crippen LogP contribution >= 0.6 is 0 Å². The molecule has 4 aromatic rings. The van der Waals surface area contributed by atoms with Crippen molar-refractivity contribution in [2.45, 2.75) is 13.1 Å². The Hall–Kier alpha value is -3.82. The first kappa shape index (κ1) is 22.4. The van der Waals surface area contributed by atoms with Gasteiger partial charge in [-0.05, 0) is 37.3 Å². The van der Waals surface area contributed by atoms with Crippen molar-refractivity contribution in [1.29, 1.82) is 0 Å². The highest BCUT2D eigenvalue weighted by Crippen LogP contribution is 2.37. The largest absolute Gasteiger partial charge is 0.797 e. The standard InChI is InChI=1S/C23H15BF5N3O/c1-14-7-9-15(10-8-14)19-13-18(23(25,26)27)17-11-12-20(31-21(17)30-19)32-22(33-24(28)29)16-5-3-2-4-6-16/h2-13H,1H3. The number of benzene rings is 2. The zero-order valence-electron chi connectivity index (χ0n) is 17.1. The van der Waals surface area contributed by atoms with Gasteiger partial charge in [0.2, 0.25) is 5.90 Å². The molecular formula is C23H15BF5N3O. The van der Waals surface area contributed by atoms with Crippen LogP contribution in [0.15, 0.2) is 77.8 Å². The summed E-state index contributed by atoms with van der Waals surface area (Å²) in [6.07, 6.45) is -4.65. The predicted octanol–water partition coefficient (Wildman–Crippen LogP) is 6.64. The molecule has 2 heterocycles. The molecule has 2 aromatic carbocycles. The van der Waals surface area contributed by atoms with E-state index in [0.717, 1.165) is 11.6 Å². The van der Waals surface area contributed by atoms with Crippen LogP contribution in [0.25, 0.3) is 22.3 Å². The second-order valence-electron chi connectivity index (χ2n) is 7.12. The van der Waals surface area contributed by atoms with Crippen LogP contribution in [0, 0.1) is 6.92 Å². The number of aryl methyl sites for hydroxylation is 1. The normalized spacial score (nSPS) is 12.1. The molecule has 4 rings (SSSR count). The maximum atomic E-state index is 13.8. The van der Waals surface area contributed by atoms with Crippen molar-refractivity contribution < 1.29 is 26.5 Å². The molecule has 0 saturated heterocycles. The van der Waals surface area contributed by atoms with Crippen LogP contribution in [0.5, 0.6) is 0 Å². The van der Waals surface area contributed by atoms with Crippen LogP contribution in [0.2, 0.25) is 0 Å². The van der Waals surface area contributed by atoms with E-state index in [0.29, 0.717) is 5.56 Å². The molecule has 0 spiro atoms. The molecule has 10 heteroatoms. The van der Waals surface area contributed by atoms with Crippen molar-refractivity contribution in [2.24, 2.45) is 4.99 Å². The van der Waals surface area contributed by atoms with E-state index in [1.54, 1.807) is 42.5 Å². The lowest BCUT2D eigenvalue weighted by Gasteiger charge is -2.13. The fourth-order valence-corrected chi connectivity index (χ4v) is 3.19. The second-order valence-corrected chi connectivity index (χ2v) is 7.12. The van der Waals surface area contributed by atoms with E-state index in [2.05, 4.69) is 19.6 Å². The molecule has 33 heavy (non-hydrogen) atoms. The fourth-order valence-electron chi connectivity index (χ4n) is 3.19. The first-order valence-corrected chi connectivity index (χ1v) is 9.75. The lowest BCUT2D eigenvalue weighted by atomic mass is 10.0. The highest BCUT2D eigenvalue weighted by molar-refractivity contribution is 6.38. The van der Waals surface area contributed by atoms with Crippen molar-refractivity contribution >= 4 is 30.2 Å². The van der Waals surface area contributed by atoms with Gasteiger partial charge in [0, 0.05) is 16.5 Å². The SMILES string of the molecule is Cc1ccc(-c2cc(C(F)(F)F)c3ccc(N=C(OB(F)F)c4ccccc4)nc3n2)cc1. The smallest absolute Gasteiger partial charge is 0.490 e. The summed E-state index contributed by atoms with van der Waals surface area (Å²) in [4.78, 5) is 12.4. The molecule has 0 aliphatic rings. The summed E-state index contributed by atoms with van der Waals surface area (Å²) in [5, 5.41) is -0.228. The van der Waals surface area contributed by atoms with Gasteiger partial charge in [-0.2, -0.15) is 18.2 Å². The zero-order valence-corrected chi connectivity index (χ0v) is 17.1. The molecule has 0 atom stereocenters. The maximum Gasteiger partial charge on any atom is 0.797 e. The average molecular weight is 455 g/mol. The summed E-state index contributed by atoms with van der Waals surface area (Å²) in [6, 6.07) is 18.1. The molecule has 0 N–H and O–H groups in total. The second kappa shape index (κ2) is 8.97. The summed E-state index contributed by atoms with van der Waals surface area (Å²) >= 11 is 0. The third kappa shape index (κ3) is 5.16. The van der Waals surface area contributed by atoms with Crippen molar-refractivity contribution in [2.75, 3.05) is 0 Å². The number of halogens is 5. The highest BCUT2D eigenvalue weighted by Gasteiger charge is 2.34. The quantitative estimate of drug-likeness (QED) is 0.150. The van der Waals surface area contributed by atoms with E-state index in [4.69, 9.17) is 0 Å². The fraction of sp³-hybridized carbons (Fsp3) is 0.0870. The number of alkyl halides is 3. The van der Waals surface area contributed by atoms with Crippen molar-refractivity contribution in [3.8, 4) is 11.3 Å². The van der Waals surface area contributed by atoms with E-state index in [-0.39, 0.29) is 28.1 Å². The van der Waals surface area contributed by atoms with Crippen LogP contribution in [-0.4, -0.2) is 23.3 Å². The average Bonchev–Trinajstić information content (AvgIpc) is 2.78. The summed E-state index contributed by atoms with van der Waals surface area (Å²) in [7, 11) is -3.15. The minimum absolute atomic E-state index is 0.0792. The number of fused-ring (bicyclic) bond motifs is 1. The lowest BCUT2D eigenvalue weighted by molar-refractivity contribution is -0.136. The predicted molar refractivity (Wildman–Crippen MR) is 116 cm³/mol. The van der Waals surface area contributed by atoms with Crippen molar-refractivity contribution in [3.63, 3.8) is 0 Å². The molecule has 0 radical (unpaired) electrons. The number of nitrogens with zero attached hydrogens (tertiary/aromatic N) is 3. The minimum atomic E-state index is -4.65. The van der Waals surface area contributed by atoms with Crippen LogP contribution in [0.1, 0.15) is 16.7 Å². The van der Waals surface area contributed by atoms with Gasteiger partial charge in [-0.15, -0.1) is 0 Å². The molecular weight excluding hydrogens is 440 g/mol. The Labute approximate surface area is 186 Å². The topological polar surface area (TPSA) is 47.4 Å². The molecule has 2 aromatic heterocycles. The molecule has 0 fully saturated rings. The Bertz CT molecular complexity index is 1310. The first-order valence-electron chi connectivity index (χ1n) is 9.75. The van der Waals surface area contributed by atoms with E-state index in [1.165, 1.54) is 24.3 Å². The lowest BCUT2D eigenvalue weighted by Crippen LogP contribution is -2.14. The zero-order chi connectivity index (χ0) is 23.6. The van der Waals surface area contributed by atoms with Gasteiger partial charge < -0.3 is 4.65 Å². The van der Waals surface area contributed by atoms with E-state index < -0.39 is 25.1 Å². The maximum absolute atomic E-state index is 13.8. The summed E-state index contributed by atoms with van der Waals surface area (Å²) in [6.45, 7) is 1.86. The van der Waals surface area contributed by atoms with Gasteiger partial charge in [-0.1, -0.05) is 48.0 Å². The Morgan fingerprint density at radius 3 is 2.24 bits per heavy atom. The van der Waals surface area contributed by atoms with Crippen molar-refractivity contribution in [3.05, 3.63) is 89.5 Å². The molecule has 0 aliphatic carbocycles. The van der Waals surface area contributed by atoms with Gasteiger partial charge in [0.15, 0.2) is 11.5 Å². The van der Waals surface area contributed by atoms with Crippen LogP contribution in [0.3, 0.4) is 0 Å². The van der Waals surface area contributed by atoms with E-state index in [9.17, 15) is 21.8 Å². The van der Waals surface area contributed by atoms with E-state index >= 15 is 0 Å². The Morgan fingerprint density at radius 2 is 1.61 bits per heavy atom. The highest BCUT2D eigenvalue weighted by atomic mass is 19.4. The molecule has 0 saturated carbocycles. The van der Waals surface area contributed by atoms with Crippen LogP contribution < -0.4 is 0 Å². The van der Waals surface area contributed by atoms with Gasteiger partial charge >= 0.3 is 13.6 Å². The van der Waals surface area contributed by atoms with Gasteiger partial charge in [0.1, 0.15) is 0 Å². The van der Waals surface area contributed by atoms with Gasteiger partial charge in [-0.25, -0.2) is 18.6 Å². The number of hydrogen-bond donors (Lipinski definition) is 0. The first-order chi connectivity index (χ1) is 15.7. The van der Waals surface area contributed by atoms with Crippen LogP contribution in [0.4, 0.5) is 27.6 Å². The van der Waals surface area contributed by atoms with Gasteiger partial charge in [-0.3, -0.25) is 0 Å². The number of pyridine rings is 2. The molecule has 166 valence electrons. The molecule has 0 bridgehead atoms. The molecule has 0 aliphatic heterocycles. The van der Waals surface area contributed by atoms with Crippen molar-refractivity contribution in [1.82, 2.24) is 9.97 Å². The van der Waals surface area contributed by atoms with Crippen LogP contribution in [-0.2, 0) is 10.8 Å². The summed E-state index contributed by atoms with van der Waals surface area (Å²) in [5.74, 6) is -0.535. The monoisotopic (exact) mass is 455 g/mol. The van der Waals surface area contributed by atoms with E-state index in [1.807, 2.05) is 6.92 Å². The molecule has 4 nitrogen and oxygen atoms in total. The third-order valence-corrected chi connectivity index (χ3v) is 4.75. The Kier molecular flexibility index (Phi) is 6.08. The Morgan fingerprint density at radius 1 is 0.909 bits per heavy atom. The van der Waals surface area contributed by atoms with Gasteiger partial charge in [0.05, 0.1) is 11.3 Å². The number of aromatic nitrogens is 2. The summed E-state index contributed by atoms with van der Waals surface area (Å²) < 4.78 is 71.6. The summed E-state index contributed by atoms with van der Waals surface area (Å²) in [5.41, 5.74) is 0.643. The number of aliphatic imine (C=N–C) groups is 1. The third-order valence-electron chi connectivity index (χ3n) is 4.75.